The van der Waals surface area contributed by atoms with Gasteiger partial charge in [-0.1, -0.05) is 0 Å². The van der Waals surface area contributed by atoms with Gasteiger partial charge in [0.25, 0.3) is 0 Å². The molecule has 0 aromatic heterocycles. The zero-order valence-electron chi connectivity index (χ0n) is 9.15. The Morgan fingerprint density at radius 3 is 2.00 bits per heavy atom. The van der Waals surface area contributed by atoms with Crippen molar-refractivity contribution in [2.24, 2.45) is 0 Å². The van der Waals surface area contributed by atoms with E-state index in [1.54, 1.807) is 0 Å². The van der Waals surface area contributed by atoms with Crippen LogP contribution in [0, 0.1) is 0 Å². The van der Waals surface area contributed by atoms with Crippen molar-refractivity contribution in [3.05, 3.63) is 0 Å². The molecule has 0 saturated heterocycles. The molecular formula is C9H18O7. The molecule has 0 aromatic rings. The van der Waals surface area contributed by atoms with Crippen LogP contribution in [0.5, 0.6) is 0 Å². The Hall–Kier alpha value is -0.730. The summed E-state index contributed by atoms with van der Waals surface area (Å²) in [6.45, 7) is 1.76. The van der Waals surface area contributed by atoms with E-state index >= 15 is 0 Å². The molecule has 0 aliphatic carbocycles. The minimum absolute atomic E-state index is 0.727. The molecule has 0 radical (unpaired) electrons. The first-order valence-electron chi connectivity index (χ1n) is 4.84. The summed E-state index contributed by atoms with van der Waals surface area (Å²) in [5.41, 5.74) is 0. The van der Waals surface area contributed by atoms with Crippen LogP contribution in [0.2, 0.25) is 0 Å². The van der Waals surface area contributed by atoms with Crippen LogP contribution < -0.4 is 0 Å². The van der Waals surface area contributed by atoms with Gasteiger partial charge in [-0.25, -0.2) is 4.79 Å². The molecule has 0 amide bonds. The topological polar surface area (TPSA) is 127 Å². The first kappa shape index (κ1) is 15.3. The van der Waals surface area contributed by atoms with Crippen molar-refractivity contribution in [1.29, 1.82) is 0 Å². The first-order valence-corrected chi connectivity index (χ1v) is 4.84. The number of carbonyl (C=O) groups excluding carboxylic acids is 1. The molecule has 0 rings (SSSR count). The second kappa shape index (κ2) is 6.77. The molecule has 0 fully saturated rings. The van der Waals surface area contributed by atoms with Gasteiger partial charge in [-0.15, -0.1) is 0 Å². The van der Waals surface area contributed by atoms with Crippen molar-refractivity contribution >= 4 is 5.97 Å². The van der Waals surface area contributed by atoms with Crippen molar-refractivity contribution in [1.82, 2.24) is 0 Å². The fourth-order valence-corrected chi connectivity index (χ4v) is 0.965. The van der Waals surface area contributed by atoms with Crippen LogP contribution in [-0.4, -0.2) is 68.6 Å². The van der Waals surface area contributed by atoms with E-state index < -0.39 is 43.1 Å². The van der Waals surface area contributed by atoms with Crippen LogP contribution in [0.4, 0.5) is 0 Å². The second-order valence-electron chi connectivity index (χ2n) is 3.55. The van der Waals surface area contributed by atoms with Gasteiger partial charge in [0, 0.05) is 0 Å². The van der Waals surface area contributed by atoms with E-state index in [9.17, 15) is 15.0 Å². The summed E-state index contributed by atoms with van der Waals surface area (Å²) in [5, 5.41) is 45.1. The fraction of sp³-hybridized carbons (Fsp3) is 0.889. The number of esters is 1. The molecule has 1 unspecified atom stereocenters. The molecule has 7 heteroatoms. The third-order valence-electron chi connectivity index (χ3n) is 2.06. The fourth-order valence-electron chi connectivity index (χ4n) is 0.965. The summed E-state index contributed by atoms with van der Waals surface area (Å²) in [5.74, 6) is -0.947. The summed E-state index contributed by atoms with van der Waals surface area (Å²) < 4.78 is 4.60. The van der Waals surface area contributed by atoms with E-state index in [0.717, 1.165) is 0 Å². The number of rotatable bonds is 6. The van der Waals surface area contributed by atoms with Crippen molar-refractivity contribution < 1.29 is 35.1 Å². The molecule has 0 aliphatic rings. The number of carbonyl (C=O) groups is 1. The Labute approximate surface area is 92.9 Å². The Morgan fingerprint density at radius 2 is 1.62 bits per heavy atom. The number of hydrogen-bond donors (Lipinski definition) is 5. The van der Waals surface area contributed by atoms with E-state index in [1.165, 1.54) is 13.8 Å². The summed E-state index contributed by atoms with van der Waals surface area (Å²) in [6.07, 6.45) is -7.16. The Balaban J connectivity index is 4.27. The molecule has 96 valence electrons. The van der Waals surface area contributed by atoms with E-state index in [-0.39, 0.29) is 0 Å². The Bertz CT molecular complexity index is 218. The van der Waals surface area contributed by atoms with Gasteiger partial charge in [-0.05, 0) is 13.8 Å². The van der Waals surface area contributed by atoms with Gasteiger partial charge in [0.15, 0.2) is 0 Å². The van der Waals surface area contributed by atoms with Gasteiger partial charge in [0.05, 0.1) is 6.61 Å². The Morgan fingerprint density at radius 1 is 1.12 bits per heavy atom. The number of ether oxygens (including phenoxy) is 1. The molecule has 0 aromatic carbocycles. The van der Waals surface area contributed by atoms with Crippen LogP contribution in [0.3, 0.4) is 0 Å². The molecular weight excluding hydrogens is 220 g/mol. The van der Waals surface area contributed by atoms with Gasteiger partial charge in [0.1, 0.15) is 30.5 Å². The van der Waals surface area contributed by atoms with Crippen LogP contribution in [0.25, 0.3) is 0 Å². The molecule has 0 bridgehead atoms. The lowest BCUT2D eigenvalue weighted by molar-refractivity contribution is -0.171. The third kappa shape index (κ3) is 4.42. The second-order valence-corrected chi connectivity index (χ2v) is 3.55. The highest BCUT2D eigenvalue weighted by Crippen LogP contribution is 2.08. The maximum atomic E-state index is 10.9. The minimum Gasteiger partial charge on any atom is -0.458 e. The lowest BCUT2D eigenvalue weighted by Crippen LogP contribution is -2.46. The normalized spacial score (nSPS) is 20.7. The summed E-state index contributed by atoms with van der Waals surface area (Å²) >= 11 is 0. The van der Waals surface area contributed by atoms with E-state index in [1.807, 2.05) is 0 Å². The highest BCUT2D eigenvalue weighted by molar-refractivity contribution is 5.73. The maximum Gasteiger partial charge on any atom is 0.335 e. The van der Waals surface area contributed by atoms with Gasteiger partial charge in [-0.3, -0.25) is 0 Å². The van der Waals surface area contributed by atoms with E-state index in [4.69, 9.17) is 15.3 Å². The molecule has 5 N–H and O–H groups in total. The van der Waals surface area contributed by atoms with E-state index in [2.05, 4.69) is 4.74 Å². The smallest absolute Gasteiger partial charge is 0.335 e. The molecule has 0 saturated carbocycles. The lowest BCUT2D eigenvalue weighted by atomic mass is 10.0. The standard InChI is InChI=1S/C9H18O7/c1-4(11)9(15)16-5(2)7(13)8(14)6(12)3-10/h4-8,10-14H,3H2,1-2H3/t4?,5-,6+,7+,8+/m0/s1. The SMILES string of the molecule is CC(O)C(=O)O[C@@H](C)[C@@H](O)[C@H](O)[C@H](O)CO. The predicted molar refractivity (Wildman–Crippen MR) is 52.3 cm³/mol. The van der Waals surface area contributed by atoms with Crippen LogP contribution in [0.1, 0.15) is 13.8 Å². The van der Waals surface area contributed by atoms with Crippen molar-refractivity contribution in [3.63, 3.8) is 0 Å². The van der Waals surface area contributed by atoms with Crippen LogP contribution in [0.15, 0.2) is 0 Å². The molecule has 7 nitrogen and oxygen atoms in total. The Kier molecular flexibility index (Phi) is 6.46. The van der Waals surface area contributed by atoms with Crippen molar-refractivity contribution in [2.75, 3.05) is 6.61 Å². The zero-order valence-corrected chi connectivity index (χ0v) is 9.15. The summed E-state index contributed by atoms with van der Waals surface area (Å²) in [6, 6.07) is 0. The van der Waals surface area contributed by atoms with E-state index in [0.29, 0.717) is 0 Å². The quantitative estimate of drug-likeness (QED) is 0.320. The number of hydrogen-bond acceptors (Lipinski definition) is 7. The molecule has 5 atom stereocenters. The molecule has 0 heterocycles. The van der Waals surface area contributed by atoms with Gasteiger partial charge >= 0.3 is 5.97 Å². The van der Waals surface area contributed by atoms with Crippen LogP contribution >= 0.6 is 0 Å². The average molecular weight is 238 g/mol. The minimum atomic E-state index is -1.64. The molecule has 0 spiro atoms. The maximum absolute atomic E-state index is 10.9. The third-order valence-corrected chi connectivity index (χ3v) is 2.06. The van der Waals surface area contributed by atoms with Crippen molar-refractivity contribution in [3.8, 4) is 0 Å². The molecule has 16 heavy (non-hydrogen) atoms. The van der Waals surface area contributed by atoms with Gasteiger partial charge in [-0.2, -0.15) is 0 Å². The average Bonchev–Trinajstić information content (AvgIpc) is 2.25. The molecule has 0 aliphatic heterocycles. The first-order chi connectivity index (χ1) is 7.31. The van der Waals surface area contributed by atoms with Crippen molar-refractivity contribution in [2.45, 2.75) is 44.4 Å². The predicted octanol–water partition coefficient (Wildman–Crippen LogP) is -2.63. The van der Waals surface area contributed by atoms with Gasteiger partial charge in [0.2, 0.25) is 0 Å². The zero-order chi connectivity index (χ0) is 12.9. The largest absolute Gasteiger partial charge is 0.458 e. The highest BCUT2D eigenvalue weighted by atomic mass is 16.6. The highest BCUT2D eigenvalue weighted by Gasteiger charge is 2.31. The van der Waals surface area contributed by atoms with Gasteiger partial charge < -0.3 is 30.3 Å². The summed E-state index contributed by atoms with van der Waals surface area (Å²) in [4.78, 5) is 10.9. The van der Waals surface area contributed by atoms with Crippen LogP contribution in [-0.2, 0) is 9.53 Å². The lowest BCUT2D eigenvalue weighted by Gasteiger charge is -2.26. The monoisotopic (exact) mass is 238 g/mol. The summed E-state index contributed by atoms with van der Waals surface area (Å²) in [7, 11) is 0. The number of aliphatic hydroxyl groups is 5. The number of aliphatic hydroxyl groups excluding tert-OH is 5.